The third-order valence-electron chi connectivity index (χ3n) is 5.97. The number of hydrogen-bond donors (Lipinski definition) is 1. The minimum absolute atomic E-state index is 0.0775. The Morgan fingerprint density at radius 2 is 1.51 bits per heavy atom. The molecule has 0 saturated carbocycles. The van der Waals surface area contributed by atoms with E-state index in [0.29, 0.717) is 28.0 Å². The molecule has 0 aliphatic rings. The number of amides is 1. The first-order chi connectivity index (χ1) is 18.7. The summed E-state index contributed by atoms with van der Waals surface area (Å²) in [5.74, 6) is 0.961. The summed E-state index contributed by atoms with van der Waals surface area (Å²) in [6.07, 6.45) is 0. The highest BCUT2D eigenvalue weighted by atomic mass is 35.5. The highest BCUT2D eigenvalue weighted by molar-refractivity contribution is 7.92. The molecule has 4 rings (SSSR count). The second-order valence-electron chi connectivity index (χ2n) is 9.01. The molecule has 4 aromatic rings. The van der Waals surface area contributed by atoms with E-state index in [0.717, 1.165) is 9.87 Å². The molecule has 7 nitrogen and oxygen atoms in total. The lowest BCUT2D eigenvalue weighted by Crippen LogP contribution is -2.38. The lowest BCUT2D eigenvalue weighted by atomic mass is 10.0. The summed E-state index contributed by atoms with van der Waals surface area (Å²) >= 11 is 6.22. The smallest absolute Gasteiger partial charge is 0.264 e. The lowest BCUT2D eigenvalue weighted by molar-refractivity contribution is -0.114. The summed E-state index contributed by atoms with van der Waals surface area (Å²) in [7, 11) is -2.52. The molecule has 202 valence electrons. The Balaban J connectivity index is 1.65. The zero-order valence-electron chi connectivity index (χ0n) is 21.8. The van der Waals surface area contributed by atoms with Gasteiger partial charge in [-0.25, -0.2) is 8.42 Å². The molecule has 0 spiro atoms. The second kappa shape index (κ2) is 12.2. The number of sulfonamides is 1. The first kappa shape index (κ1) is 28.0. The maximum atomic E-state index is 13.7. The van der Waals surface area contributed by atoms with Crippen LogP contribution in [0, 0.1) is 0 Å². The van der Waals surface area contributed by atoms with Gasteiger partial charge in [0.2, 0.25) is 5.91 Å². The van der Waals surface area contributed by atoms with Gasteiger partial charge in [-0.05, 0) is 66.1 Å². The average Bonchev–Trinajstić information content (AvgIpc) is 2.94. The highest BCUT2D eigenvalue weighted by Crippen LogP contribution is 2.36. The number of anilines is 2. The molecular weight excluding hydrogens is 536 g/mol. The van der Waals surface area contributed by atoms with Crippen LogP contribution in [0.5, 0.6) is 17.2 Å². The fourth-order valence-corrected chi connectivity index (χ4v) is 5.50. The predicted octanol–water partition coefficient (Wildman–Crippen LogP) is 7.10. The van der Waals surface area contributed by atoms with Crippen LogP contribution in [0.3, 0.4) is 0 Å². The van der Waals surface area contributed by atoms with Crippen molar-refractivity contribution < 1.29 is 22.7 Å². The fraction of sp³-hybridized carbons (Fsp3) is 0.167. The van der Waals surface area contributed by atoms with Gasteiger partial charge in [-0.2, -0.15) is 0 Å². The van der Waals surface area contributed by atoms with Crippen molar-refractivity contribution >= 4 is 38.9 Å². The van der Waals surface area contributed by atoms with Crippen LogP contribution >= 0.6 is 11.6 Å². The monoisotopic (exact) mass is 564 g/mol. The molecule has 0 aliphatic heterocycles. The molecule has 1 amide bonds. The van der Waals surface area contributed by atoms with E-state index in [9.17, 15) is 13.2 Å². The van der Waals surface area contributed by atoms with E-state index in [4.69, 9.17) is 21.1 Å². The Hall–Kier alpha value is -4.01. The van der Waals surface area contributed by atoms with Crippen molar-refractivity contribution in [1.29, 1.82) is 0 Å². The maximum Gasteiger partial charge on any atom is 0.264 e. The van der Waals surface area contributed by atoms with Crippen molar-refractivity contribution in [3.05, 3.63) is 108 Å². The molecular formula is C30H29ClN2O5S. The van der Waals surface area contributed by atoms with Crippen LogP contribution in [0.2, 0.25) is 5.02 Å². The summed E-state index contributed by atoms with van der Waals surface area (Å²) in [4.78, 5) is 13.4. The number of carbonyl (C=O) groups is 1. The minimum atomic E-state index is -4.05. The van der Waals surface area contributed by atoms with Crippen LogP contribution < -0.4 is 19.1 Å². The Kier molecular flexibility index (Phi) is 8.79. The van der Waals surface area contributed by atoms with Crippen LogP contribution in [-0.2, 0) is 14.8 Å². The number of para-hydroxylation sites is 2. The van der Waals surface area contributed by atoms with E-state index >= 15 is 0 Å². The van der Waals surface area contributed by atoms with Crippen LogP contribution in [0.4, 0.5) is 11.4 Å². The van der Waals surface area contributed by atoms with Crippen molar-refractivity contribution in [2.45, 2.75) is 24.7 Å². The largest absolute Gasteiger partial charge is 0.493 e. The molecule has 9 heteroatoms. The number of rotatable bonds is 10. The molecule has 0 aromatic heterocycles. The Morgan fingerprint density at radius 1 is 0.872 bits per heavy atom. The Morgan fingerprint density at radius 3 is 2.15 bits per heavy atom. The van der Waals surface area contributed by atoms with E-state index in [1.165, 1.54) is 25.3 Å². The van der Waals surface area contributed by atoms with E-state index in [1.807, 2.05) is 18.2 Å². The number of hydrogen-bond acceptors (Lipinski definition) is 5. The van der Waals surface area contributed by atoms with Crippen LogP contribution in [0.1, 0.15) is 25.3 Å². The number of nitrogens with one attached hydrogen (secondary N) is 1. The van der Waals surface area contributed by atoms with E-state index in [1.54, 1.807) is 60.7 Å². The van der Waals surface area contributed by atoms with Gasteiger partial charge in [0.15, 0.2) is 17.2 Å². The molecule has 0 heterocycles. The van der Waals surface area contributed by atoms with Gasteiger partial charge in [0.05, 0.1) is 23.4 Å². The van der Waals surface area contributed by atoms with Crippen molar-refractivity contribution in [3.63, 3.8) is 0 Å². The number of ether oxygens (including phenoxy) is 2. The number of benzene rings is 4. The van der Waals surface area contributed by atoms with E-state index < -0.39 is 22.5 Å². The molecule has 39 heavy (non-hydrogen) atoms. The number of carbonyl (C=O) groups excluding carboxylic acids is 1. The summed E-state index contributed by atoms with van der Waals surface area (Å²) in [6, 6.07) is 27.0. The third kappa shape index (κ3) is 6.71. The number of nitrogens with zero attached hydrogens (tertiary/aromatic N) is 1. The molecule has 0 fully saturated rings. The summed E-state index contributed by atoms with van der Waals surface area (Å²) in [6.45, 7) is 3.63. The summed E-state index contributed by atoms with van der Waals surface area (Å²) < 4.78 is 39.8. The van der Waals surface area contributed by atoms with Crippen molar-refractivity contribution in [3.8, 4) is 17.2 Å². The fourth-order valence-electron chi connectivity index (χ4n) is 3.89. The van der Waals surface area contributed by atoms with Gasteiger partial charge < -0.3 is 14.8 Å². The average molecular weight is 565 g/mol. The minimum Gasteiger partial charge on any atom is -0.493 e. The topological polar surface area (TPSA) is 84.9 Å². The van der Waals surface area contributed by atoms with Crippen LogP contribution in [0.15, 0.2) is 102 Å². The Labute approximate surface area is 234 Å². The molecule has 1 N–H and O–H groups in total. The van der Waals surface area contributed by atoms with Gasteiger partial charge in [0, 0.05) is 5.02 Å². The summed E-state index contributed by atoms with van der Waals surface area (Å²) in [5, 5.41) is 3.14. The summed E-state index contributed by atoms with van der Waals surface area (Å²) in [5.41, 5.74) is 1.71. The van der Waals surface area contributed by atoms with Crippen molar-refractivity contribution in [2.75, 3.05) is 23.3 Å². The van der Waals surface area contributed by atoms with E-state index in [2.05, 4.69) is 19.2 Å². The highest BCUT2D eigenvalue weighted by Gasteiger charge is 2.27. The zero-order valence-corrected chi connectivity index (χ0v) is 23.4. The van der Waals surface area contributed by atoms with Gasteiger partial charge in [0.1, 0.15) is 6.54 Å². The normalized spacial score (nSPS) is 11.2. The van der Waals surface area contributed by atoms with Gasteiger partial charge in [-0.1, -0.05) is 67.9 Å². The van der Waals surface area contributed by atoms with Gasteiger partial charge in [0.25, 0.3) is 10.0 Å². The van der Waals surface area contributed by atoms with E-state index in [-0.39, 0.29) is 16.5 Å². The van der Waals surface area contributed by atoms with Crippen LogP contribution in [-0.4, -0.2) is 28.0 Å². The molecule has 4 aromatic carbocycles. The molecule has 0 saturated heterocycles. The number of halogens is 1. The molecule has 0 unspecified atom stereocenters. The van der Waals surface area contributed by atoms with Crippen molar-refractivity contribution in [1.82, 2.24) is 0 Å². The molecule has 0 radical (unpaired) electrons. The molecule has 0 atom stereocenters. The van der Waals surface area contributed by atoms with Crippen LogP contribution in [0.25, 0.3) is 0 Å². The predicted molar refractivity (Wildman–Crippen MR) is 155 cm³/mol. The Bertz CT molecular complexity index is 1540. The molecule has 0 aliphatic carbocycles. The third-order valence-corrected chi connectivity index (χ3v) is 7.99. The zero-order chi connectivity index (χ0) is 28.0. The molecule has 0 bridgehead atoms. The first-order valence-corrected chi connectivity index (χ1v) is 14.1. The van der Waals surface area contributed by atoms with Gasteiger partial charge in [-0.3, -0.25) is 9.10 Å². The van der Waals surface area contributed by atoms with Gasteiger partial charge in [-0.15, -0.1) is 0 Å². The SMILES string of the molecule is COc1ccccc1Oc1ccc(Cl)cc1NC(=O)CN(c1ccc(C(C)C)cc1)S(=O)(=O)c1ccccc1. The quantitative estimate of drug-likeness (QED) is 0.222. The first-order valence-electron chi connectivity index (χ1n) is 12.3. The van der Waals surface area contributed by atoms with Crippen molar-refractivity contribution in [2.24, 2.45) is 0 Å². The second-order valence-corrected chi connectivity index (χ2v) is 11.3. The standard InChI is InChI=1S/C30H29ClN2O5S/c1-21(2)22-13-16-24(17-14-22)33(39(35,36)25-9-5-4-6-10-25)20-30(34)32-26-19-23(31)15-18-27(26)38-29-12-8-7-11-28(29)37-3/h4-19,21H,20H2,1-3H3,(H,32,34). The van der Waals surface area contributed by atoms with Gasteiger partial charge >= 0.3 is 0 Å². The maximum absolute atomic E-state index is 13.7. The number of methoxy groups -OCH3 is 1. The lowest BCUT2D eigenvalue weighted by Gasteiger charge is -2.25.